The SMILES string of the molecule is OCc1c(O)cccc1C(O)CNCCCC(F)(F)CCOCC(F)(F)c1ccccc1. The van der Waals surface area contributed by atoms with Crippen LogP contribution in [0.25, 0.3) is 0 Å². The standard InChI is InChI=1S/C23H29F4NO4/c24-22(25,11-13-32-16-23(26,27)17-6-2-1-3-7-17)10-5-12-28-14-21(31)18-8-4-9-20(30)19(18)15-29/h1-4,6-9,21,28-31H,5,10-16H2. The minimum atomic E-state index is -3.24. The number of hydrogen-bond acceptors (Lipinski definition) is 5. The summed E-state index contributed by atoms with van der Waals surface area (Å²) in [6.45, 7) is -1.63. The summed E-state index contributed by atoms with van der Waals surface area (Å²) >= 11 is 0. The zero-order valence-corrected chi connectivity index (χ0v) is 17.6. The summed E-state index contributed by atoms with van der Waals surface area (Å²) in [5, 5.41) is 32.1. The molecule has 9 heteroatoms. The number of ether oxygens (including phenoxy) is 1. The molecule has 0 aliphatic carbocycles. The first-order chi connectivity index (χ1) is 15.2. The minimum absolute atomic E-state index is 0.0553. The Balaban J connectivity index is 1.64. The van der Waals surface area contributed by atoms with Gasteiger partial charge in [0.1, 0.15) is 12.4 Å². The average Bonchev–Trinajstić information content (AvgIpc) is 2.77. The van der Waals surface area contributed by atoms with Crippen molar-refractivity contribution < 1.29 is 37.6 Å². The smallest absolute Gasteiger partial charge is 0.296 e. The van der Waals surface area contributed by atoms with Crippen LogP contribution in [-0.2, 0) is 17.3 Å². The van der Waals surface area contributed by atoms with Crippen LogP contribution in [0.2, 0.25) is 0 Å². The van der Waals surface area contributed by atoms with Crippen LogP contribution >= 0.6 is 0 Å². The Morgan fingerprint density at radius 1 is 0.969 bits per heavy atom. The molecule has 0 saturated heterocycles. The number of rotatable bonds is 14. The number of nitrogens with one attached hydrogen (secondary N) is 1. The molecule has 0 amide bonds. The molecule has 0 radical (unpaired) electrons. The third kappa shape index (κ3) is 8.05. The fraction of sp³-hybridized carbons (Fsp3) is 0.478. The van der Waals surface area contributed by atoms with Gasteiger partial charge in [0.2, 0.25) is 5.92 Å². The molecule has 2 aromatic rings. The average molecular weight is 459 g/mol. The molecule has 0 aromatic heterocycles. The first-order valence-corrected chi connectivity index (χ1v) is 10.4. The number of aliphatic hydroxyl groups is 2. The van der Waals surface area contributed by atoms with Crippen molar-refractivity contribution in [2.24, 2.45) is 0 Å². The molecule has 0 spiro atoms. The van der Waals surface area contributed by atoms with Crippen LogP contribution in [0.15, 0.2) is 48.5 Å². The van der Waals surface area contributed by atoms with E-state index in [-0.39, 0.29) is 36.4 Å². The Bertz CT molecular complexity index is 821. The van der Waals surface area contributed by atoms with Gasteiger partial charge in [-0.25, -0.2) is 8.78 Å². The van der Waals surface area contributed by atoms with Crippen molar-refractivity contribution in [3.8, 4) is 5.75 Å². The number of aliphatic hydroxyl groups excluding tert-OH is 2. The van der Waals surface area contributed by atoms with Crippen LogP contribution in [0.4, 0.5) is 17.6 Å². The summed E-state index contributed by atoms with van der Waals surface area (Å²) in [6.07, 6.45) is -2.04. The van der Waals surface area contributed by atoms with E-state index in [1.54, 1.807) is 12.1 Å². The number of phenols is 1. The highest BCUT2D eigenvalue weighted by Crippen LogP contribution is 2.29. The van der Waals surface area contributed by atoms with E-state index in [9.17, 15) is 32.9 Å². The zero-order valence-electron chi connectivity index (χ0n) is 17.6. The molecule has 1 unspecified atom stereocenters. The maximum Gasteiger partial charge on any atom is 0.296 e. The van der Waals surface area contributed by atoms with E-state index in [2.05, 4.69) is 5.32 Å². The van der Waals surface area contributed by atoms with Crippen molar-refractivity contribution in [1.82, 2.24) is 5.32 Å². The highest BCUT2D eigenvalue weighted by Gasteiger charge is 2.33. The molecule has 0 heterocycles. The van der Waals surface area contributed by atoms with E-state index in [4.69, 9.17) is 4.74 Å². The molecule has 178 valence electrons. The normalized spacial score (nSPS) is 13.3. The zero-order chi connectivity index (χ0) is 23.6. The fourth-order valence-electron chi connectivity index (χ4n) is 3.21. The van der Waals surface area contributed by atoms with Gasteiger partial charge in [0.25, 0.3) is 5.92 Å². The summed E-state index contributed by atoms with van der Waals surface area (Å²) in [5.41, 5.74) is 0.345. The van der Waals surface area contributed by atoms with Crippen LogP contribution in [-0.4, -0.2) is 47.5 Å². The van der Waals surface area contributed by atoms with Gasteiger partial charge in [0.05, 0.1) is 19.3 Å². The Hall–Kier alpha value is -2.20. The third-order valence-electron chi connectivity index (χ3n) is 5.03. The van der Waals surface area contributed by atoms with Gasteiger partial charge in [-0.2, -0.15) is 8.78 Å². The number of benzene rings is 2. The molecule has 32 heavy (non-hydrogen) atoms. The van der Waals surface area contributed by atoms with Crippen LogP contribution < -0.4 is 5.32 Å². The van der Waals surface area contributed by atoms with Crippen LogP contribution in [0.5, 0.6) is 5.75 Å². The summed E-state index contributed by atoms with van der Waals surface area (Å²) in [7, 11) is 0. The Morgan fingerprint density at radius 2 is 1.69 bits per heavy atom. The number of aromatic hydroxyl groups is 1. The second kappa shape index (κ2) is 12.2. The Labute approximate surface area is 184 Å². The molecule has 1 atom stereocenters. The van der Waals surface area contributed by atoms with Crippen molar-refractivity contribution in [2.45, 2.75) is 43.8 Å². The molecular formula is C23H29F4NO4. The quantitative estimate of drug-likeness (QED) is 0.252. The maximum absolute atomic E-state index is 14.0. The molecule has 0 fully saturated rings. The van der Waals surface area contributed by atoms with E-state index in [0.29, 0.717) is 5.56 Å². The van der Waals surface area contributed by atoms with Gasteiger partial charge >= 0.3 is 0 Å². The molecule has 5 nitrogen and oxygen atoms in total. The van der Waals surface area contributed by atoms with Gasteiger partial charge in [0, 0.05) is 30.5 Å². The monoisotopic (exact) mass is 459 g/mol. The van der Waals surface area contributed by atoms with Crippen molar-refractivity contribution in [2.75, 3.05) is 26.3 Å². The Kier molecular flexibility index (Phi) is 9.89. The predicted molar refractivity (Wildman–Crippen MR) is 112 cm³/mol. The van der Waals surface area contributed by atoms with Crippen LogP contribution in [0.3, 0.4) is 0 Å². The number of hydrogen-bond donors (Lipinski definition) is 4. The van der Waals surface area contributed by atoms with Crippen LogP contribution in [0.1, 0.15) is 42.1 Å². The summed E-state index contributed by atoms with van der Waals surface area (Å²) in [6, 6.07) is 11.6. The van der Waals surface area contributed by atoms with Crippen molar-refractivity contribution >= 4 is 0 Å². The number of alkyl halides is 4. The maximum atomic E-state index is 14.0. The first-order valence-electron chi connectivity index (χ1n) is 10.4. The van der Waals surface area contributed by atoms with Crippen molar-refractivity contribution in [3.05, 3.63) is 65.2 Å². The van der Waals surface area contributed by atoms with Crippen LogP contribution in [0, 0.1) is 0 Å². The lowest BCUT2D eigenvalue weighted by Gasteiger charge is -2.20. The molecule has 4 N–H and O–H groups in total. The van der Waals surface area contributed by atoms with Crippen molar-refractivity contribution in [1.29, 1.82) is 0 Å². The van der Waals surface area contributed by atoms with Gasteiger partial charge in [-0.3, -0.25) is 0 Å². The highest BCUT2D eigenvalue weighted by molar-refractivity contribution is 5.40. The Morgan fingerprint density at radius 3 is 2.38 bits per heavy atom. The summed E-state index contributed by atoms with van der Waals surface area (Å²) < 4.78 is 60.6. The van der Waals surface area contributed by atoms with E-state index in [0.717, 1.165) is 0 Å². The molecule has 0 saturated carbocycles. The molecule has 0 bridgehead atoms. The van der Waals surface area contributed by atoms with Gasteiger partial charge < -0.3 is 25.4 Å². The van der Waals surface area contributed by atoms with Gasteiger partial charge in [-0.05, 0) is 24.6 Å². The molecule has 2 aromatic carbocycles. The van der Waals surface area contributed by atoms with Crippen molar-refractivity contribution in [3.63, 3.8) is 0 Å². The molecular weight excluding hydrogens is 430 g/mol. The van der Waals surface area contributed by atoms with E-state index in [1.807, 2.05) is 0 Å². The highest BCUT2D eigenvalue weighted by atomic mass is 19.3. The molecule has 0 aliphatic rings. The van der Waals surface area contributed by atoms with Gasteiger partial charge in [0.15, 0.2) is 0 Å². The lowest BCUT2D eigenvalue weighted by Crippen LogP contribution is -2.27. The second-order valence-electron chi connectivity index (χ2n) is 7.56. The summed E-state index contributed by atoms with van der Waals surface area (Å²) in [4.78, 5) is 0. The second-order valence-corrected chi connectivity index (χ2v) is 7.56. The summed E-state index contributed by atoms with van der Waals surface area (Å²) in [5.74, 6) is -6.43. The minimum Gasteiger partial charge on any atom is -0.508 e. The van der Waals surface area contributed by atoms with Gasteiger partial charge in [-0.15, -0.1) is 0 Å². The van der Waals surface area contributed by atoms with E-state index < -0.39 is 50.6 Å². The lowest BCUT2D eigenvalue weighted by molar-refractivity contribution is -0.100. The first kappa shape index (κ1) is 26.1. The lowest BCUT2D eigenvalue weighted by atomic mass is 10.0. The predicted octanol–water partition coefficient (Wildman–Crippen LogP) is 4.12. The third-order valence-corrected chi connectivity index (χ3v) is 5.03. The fourth-order valence-corrected chi connectivity index (χ4v) is 3.21. The number of halogens is 4. The largest absolute Gasteiger partial charge is 0.508 e. The van der Waals surface area contributed by atoms with Gasteiger partial charge in [-0.1, -0.05) is 42.5 Å². The topological polar surface area (TPSA) is 82.0 Å². The molecule has 0 aliphatic heterocycles. The van der Waals surface area contributed by atoms with E-state index in [1.165, 1.54) is 36.4 Å². The molecule has 2 rings (SSSR count). The van der Waals surface area contributed by atoms with E-state index >= 15 is 0 Å².